The molecule has 0 aliphatic carbocycles. The number of fused-ring (bicyclic) bond motifs is 1. The number of aromatic amines is 1. The SMILES string of the molecule is N#Cc1cc(F)ccc1-n1c(=S)[nH]c2cc(I)ccc21. The van der Waals surface area contributed by atoms with Crippen LogP contribution in [0.2, 0.25) is 0 Å². The van der Waals surface area contributed by atoms with Crippen LogP contribution in [0.5, 0.6) is 0 Å². The topological polar surface area (TPSA) is 44.5 Å². The van der Waals surface area contributed by atoms with Crippen LogP contribution in [-0.2, 0) is 0 Å². The minimum Gasteiger partial charge on any atom is -0.330 e. The van der Waals surface area contributed by atoms with Crippen LogP contribution in [0.1, 0.15) is 5.56 Å². The van der Waals surface area contributed by atoms with E-state index in [1.54, 1.807) is 10.6 Å². The van der Waals surface area contributed by atoms with Gasteiger partial charge in [0.2, 0.25) is 0 Å². The minimum atomic E-state index is -0.439. The van der Waals surface area contributed by atoms with Crippen LogP contribution in [0.25, 0.3) is 16.7 Å². The molecule has 0 bridgehead atoms. The third kappa shape index (κ3) is 2.13. The molecule has 20 heavy (non-hydrogen) atoms. The summed E-state index contributed by atoms with van der Waals surface area (Å²) < 4.78 is 16.6. The maximum Gasteiger partial charge on any atom is 0.182 e. The molecule has 0 saturated heterocycles. The second kappa shape index (κ2) is 5.00. The van der Waals surface area contributed by atoms with E-state index in [4.69, 9.17) is 12.2 Å². The highest BCUT2D eigenvalue weighted by Gasteiger charge is 2.11. The molecule has 0 unspecified atom stereocenters. The molecule has 98 valence electrons. The van der Waals surface area contributed by atoms with E-state index in [1.165, 1.54) is 12.1 Å². The number of benzene rings is 2. The van der Waals surface area contributed by atoms with Gasteiger partial charge in [-0.2, -0.15) is 5.26 Å². The highest BCUT2D eigenvalue weighted by molar-refractivity contribution is 14.1. The molecular formula is C14H7FIN3S. The number of hydrogen-bond donors (Lipinski definition) is 1. The van der Waals surface area contributed by atoms with Crippen molar-refractivity contribution < 1.29 is 4.39 Å². The fourth-order valence-corrected chi connectivity index (χ4v) is 2.91. The van der Waals surface area contributed by atoms with Crippen LogP contribution in [-0.4, -0.2) is 9.55 Å². The zero-order valence-electron chi connectivity index (χ0n) is 10.0. The molecule has 0 fully saturated rings. The zero-order valence-corrected chi connectivity index (χ0v) is 13.0. The van der Waals surface area contributed by atoms with Crippen LogP contribution in [0, 0.1) is 25.5 Å². The Morgan fingerprint density at radius 3 is 2.80 bits per heavy atom. The molecule has 1 N–H and O–H groups in total. The van der Waals surface area contributed by atoms with Gasteiger partial charge in [-0.05, 0) is 71.2 Å². The van der Waals surface area contributed by atoms with Crippen molar-refractivity contribution in [3.8, 4) is 11.8 Å². The van der Waals surface area contributed by atoms with E-state index < -0.39 is 5.82 Å². The van der Waals surface area contributed by atoms with Gasteiger partial charge in [0, 0.05) is 3.57 Å². The van der Waals surface area contributed by atoms with Crippen molar-refractivity contribution in [2.75, 3.05) is 0 Å². The Morgan fingerprint density at radius 1 is 1.25 bits per heavy atom. The van der Waals surface area contributed by atoms with Gasteiger partial charge in [-0.3, -0.25) is 4.57 Å². The van der Waals surface area contributed by atoms with Crippen molar-refractivity contribution in [1.82, 2.24) is 9.55 Å². The van der Waals surface area contributed by atoms with E-state index in [2.05, 4.69) is 27.6 Å². The van der Waals surface area contributed by atoms with Gasteiger partial charge in [-0.15, -0.1) is 0 Å². The number of halogens is 2. The Morgan fingerprint density at radius 2 is 2.05 bits per heavy atom. The summed E-state index contributed by atoms with van der Waals surface area (Å²) in [5.41, 5.74) is 2.57. The van der Waals surface area contributed by atoms with Crippen molar-refractivity contribution >= 4 is 45.8 Å². The Hall–Kier alpha value is -1.72. The first kappa shape index (κ1) is 13.3. The van der Waals surface area contributed by atoms with Gasteiger partial charge in [0.1, 0.15) is 11.9 Å². The molecule has 1 aromatic heterocycles. The minimum absolute atomic E-state index is 0.251. The molecule has 0 amide bonds. The zero-order chi connectivity index (χ0) is 14.3. The number of aromatic nitrogens is 2. The van der Waals surface area contributed by atoms with Gasteiger partial charge in [0.15, 0.2) is 4.77 Å². The molecule has 3 aromatic rings. The van der Waals surface area contributed by atoms with E-state index in [9.17, 15) is 9.65 Å². The molecule has 6 heteroatoms. The highest BCUT2D eigenvalue weighted by atomic mass is 127. The summed E-state index contributed by atoms with van der Waals surface area (Å²) in [5, 5.41) is 9.17. The lowest BCUT2D eigenvalue weighted by atomic mass is 10.2. The first-order chi connectivity index (χ1) is 9.60. The van der Waals surface area contributed by atoms with E-state index in [0.29, 0.717) is 10.5 Å². The van der Waals surface area contributed by atoms with Crippen molar-refractivity contribution in [1.29, 1.82) is 5.26 Å². The van der Waals surface area contributed by atoms with Crippen molar-refractivity contribution in [2.45, 2.75) is 0 Å². The smallest absolute Gasteiger partial charge is 0.182 e. The lowest BCUT2D eigenvalue weighted by Crippen LogP contribution is -1.98. The summed E-state index contributed by atoms with van der Waals surface area (Å²) in [6, 6.07) is 12.0. The highest BCUT2D eigenvalue weighted by Crippen LogP contribution is 2.24. The van der Waals surface area contributed by atoms with E-state index in [-0.39, 0.29) is 5.56 Å². The van der Waals surface area contributed by atoms with E-state index >= 15 is 0 Å². The number of H-pyrrole nitrogens is 1. The standard InChI is InChI=1S/C14H7FIN3S/c15-9-1-3-12(8(5-9)7-17)19-13-4-2-10(16)6-11(13)18-14(19)20/h1-6H,(H,18,20). The third-order valence-electron chi connectivity index (χ3n) is 2.96. The Balaban J connectivity index is 2.39. The van der Waals surface area contributed by atoms with E-state index in [0.717, 1.165) is 14.6 Å². The van der Waals surface area contributed by atoms with Crippen LogP contribution in [0.3, 0.4) is 0 Å². The molecule has 0 atom stereocenters. The summed E-state index contributed by atoms with van der Waals surface area (Å²) in [5.74, 6) is -0.439. The second-order valence-corrected chi connectivity index (χ2v) is 5.83. The molecule has 0 aliphatic heterocycles. The Labute approximate surface area is 132 Å². The summed E-state index contributed by atoms with van der Waals surface area (Å²) in [6.45, 7) is 0. The summed E-state index contributed by atoms with van der Waals surface area (Å²) in [7, 11) is 0. The quantitative estimate of drug-likeness (QED) is 0.493. The van der Waals surface area contributed by atoms with E-state index in [1.807, 2.05) is 24.3 Å². The van der Waals surface area contributed by atoms with Crippen molar-refractivity contribution in [3.05, 3.63) is 56.1 Å². The molecule has 2 aromatic carbocycles. The number of nitrogens with zero attached hydrogens (tertiary/aromatic N) is 2. The molecule has 1 heterocycles. The predicted octanol–water partition coefficient (Wildman–Crippen LogP) is 4.30. The number of nitriles is 1. The van der Waals surface area contributed by atoms with Gasteiger partial charge < -0.3 is 4.98 Å². The largest absolute Gasteiger partial charge is 0.330 e. The van der Waals surface area contributed by atoms with Gasteiger partial charge in [-0.1, -0.05) is 0 Å². The monoisotopic (exact) mass is 395 g/mol. The van der Waals surface area contributed by atoms with Gasteiger partial charge in [0.05, 0.1) is 22.3 Å². The lowest BCUT2D eigenvalue weighted by Gasteiger charge is -2.07. The summed E-state index contributed by atoms with van der Waals surface area (Å²) in [6.07, 6.45) is 0. The van der Waals surface area contributed by atoms with Crippen molar-refractivity contribution in [3.63, 3.8) is 0 Å². The molecule has 3 nitrogen and oxygen atoms in total. The summed E-state index contributed by atoms with van der Waals surface area (Å²) >= 11 is 7.54. The normalized spacial score (nSPS) is 10.7. The van der Waals surface area contributed by atoms with Crippen molar-refractivity contribution in [2.24, 2.45) is 0 Å². The van der Waals surface area contributed by atoms with Crippen LogP contribution in [0.4, 0.5) is 4.39 Å². The number of imidazole rings is 1. The second-order valence-electron chi connectivity index (χ2n) is 4.20. The molecule has 0 saturated carbocycles. The fraction of sp³-hybridized carbons (Fsp3) is 0. The number of rotatable bonds is 1. The molecular weight excluding hydrogens is 388 g/mol. The number of hydrogen-bond acceptors (Lipinski definition) is 2. The van der Waals surface area contributed by atoms with Gasteiger partial charge in [-0.25, -0.2) is 4.39 Å². The van der Waals surface area contributed by atoms with Gasteiger partial charge >= 0.3 is 0 Å². The van der Waals surface area contributed by atoms with Crippen LogP contribution >= 0.6 is 34.8 Å². The maximum absolute atomic E-state index is 13.2. The lowest BCUT2D eigenvalue weighted by molar-refractivity contribution is 0.627. The Kier molecular flexibility index (Phi) is 3.31. The average Bonchev–Trinajstić information content (AvgIpc) is 2.73. The molecule has 3 rings (SSSR count). The third-order valence-corrected chi connectivity index (χ3v) is 3.92. The molecule has 0 spiro atoms. The first-order valence-electron chi connectivity index (χ1n) is 5.70. The van der Waals surface area contributed by atoms with Crippen LogP contribution in [0.15, 0.2) is 36.4 Å². The Bertz CT molecular complexity index is 920. The summed E-state index contributed by atoms with van der Waals surface area (Å²) in [4.78, 5) is 3.10. The fourth-order valence-electron chi connectivity index (χ4n) is 2.12. The van der Waals surface area contributed by atoms with Gasteiger partial charge in [0.25, 0.3) is 0 Å². The number of nitrogens with one attached hydrogen (secondary N) is 1. The first-order valence-corrected chi connectivity index (χ1v) is 7.19. The molecule has 0 aliphatic rings. The predicted molar refractivity (Wildman–Crippen MR) is 85.8 cm³/mol. The molecule has 0 radical (unpaired) electrons. The maximum atomic E-state index is 13.2. The average molecular weight is 395 g/mol. The van der Waals surface area contributed by atoms with Crippen LogP contribution < -0.4 is 0 Å².